The number of amides is 1. The van der Waals surface area contributed by atoms with Crippen molar-refractivity contribution in [3.63, 3.8) is 0 Å². The van der Waals surface area contributed by atoms with Crippen molar-refractivity contribution in [3.8, 4) is 5.75 Å². The van der Waals surface area contributed by atoms with Crippen LogP contribution in [-0.4, -0.2) is 30.1 Å². The van der Waals surface area contributed by atoms with E-state index >= 15 is 0 Å². The smallest absolute Gasteiger partial charge is 0.449 e. The Bertz CT molecular complexity index is 878. The van der Waals surface area contributed by atoms with E-state index in [0.29, 0.717) is 11.3 Å². The Morgan fingerprint density at radius 3 is 2.21 bits per heavy atom. The lowest BCUT2D eigenvalue weighted by molar-refractivity contribution is -0.274. The van der Waals surface area contributed by atoms with Gasteiger partial charge in [0.2, 0.25) is 0 Å². The molecule has 148 valence electrons. The molecule has 0 aliphatic rings. The maximum absolute atomic E-state index is 12.2. The Balaban J connectivity index is 1.97. The quantitative estimate of drug-likeness (QED) is 0.591. The number of anilines is 1. The summed E-state index contributed by atoms with van der Waals surface area (Å²) in [5, 5.41) is 2.52. The number of rotatable bonds is 6. The van der Waals surface area contributed by atoms with Crippen molar-refractivity contribution in [2.75, 3.05) is 5.32 Å². The third-order valence-electron chi connectivity index (χ3n) is 3.51. The molecule has 2 rings (SSSR count). The zero-order valence-corrected chi connectivity index (χ0v) is 14.9. The Hall–Kier alpha value is -3.36. The van der Waals surface area contributed by atoms with Crippen LogP contribution in [-0.2, 0) is 9.53 Å². The first-order valence-corrected chi connectivity index (χ1v) is 8.04. The number of carbonyl (C=O) groups excluding carboxylic acids is 3. The standard InChI is InChI=1S/C19H16F3NO5/c1-11(24)14-4-3-5-15(10-14)23-17(25)12(2)27-18(26)13-6-8-16(9-7-13)28-19(20,21)22/h3-10,12H,1-2H3,(H,23,25)/t12-/m0/s1. The molecule has 0 saturated carbocycles. The second-order valence-electron chi connectivity index (χ2n) is 5.75. The summed E-state index contributed by atoms with van der Waals surface area (Å²) in [6.45, 7) is 2.72. The Kier molecular flexibility index (Phi) is 6.40. The summed E-state index contributed by atoms with van der Waals surface area (Å²) in [5.74, 6) is -2.18. The van der Waals surface area contributed by atoms with Crippen molar-refractivity contribution in [3.05, 3.63) is 59.7 Å². The number of ether oxygens (including phenoxy) is 2. The first-order chi connectivity index (χ1) is 13.0. The molecule has 0 heterocycles. The second-order valence-corrected chi connectivity index (χ2v) is 5.75. The van der Waals surface area contributed by atoms with Crippen LogP contribution >= 0.6 is 0 Å². The molecule has 0 saturated heterocycles. The molecule has 2 aromatic carbocycles. The molecular formula is C19H16F3NO5. The fraction of sp³-hybridized carbons (Fsp3) is 0.211. The molecule has 1 N–H and O–H groups in total. The van der Waals surface area contributed by atoms with Gasteiger partial charge in [-0.3, -0.25) is 9.59 Å². The fourth-order valence-electron chi connectivity index (χ4n) is 2.13. The first-order valence-electron chi connectivity index (χ1n) is 8.04. The second kappa shape index (κ2) is 8.55. The summed E-state index contributed by atoms with van der Waals surface area (Å²) in [6, 6.07) is 10.3. The minimum atomic E-state index is -4.84. The van der Waals surface area contributed by atoms with Crippen molar-refractivity contribution in [2.24, 2.45) is 0 Å². The van der Waals surface area contributed by atoms with Crippen LogP contribution in [0.1, 0.15) is 34.6 Å². The number of halogens is 3. The van der Waals surface area contributed by atoms with E-state index in [4.69, 9.17) is 4.74 Å². The van der Waals surface area contributed by atoms with Gasteiger partial charge in [0.1, 0.15) is 5.75 Å². The van der Waals surface area contributed by atoms with Gasteiger partial charge in [0.25, 0.3) is 5.91 Å². The molecule has 0 radical (unpaired) electrons. The number of benzene rings is 2. The highest BCUT2D eigenvalue weighted by atomic mass is 19.4. The summed E-state index contributed by atoms with van der Waals surface area (Å²) >= 11 is 0. The lowest BCUT2D eigenvalue weighted by Gasteiger charge is -2.14. The van der Waals surface area contributed by atoms with Gasteiger partial charge in [-0.1, -0.05) is 12.1 Å². The number of esters is 1. The molecule has 0 fully saturated rings. The van der Waals surface area contributed by atoms with Crippen LogP contribution in [0, 0.1) is 0 Å². The third-order valence-corrected chi connectivity index (χ3v) is 3.51. The molecule has 0 unspecified atom stereocenters. The molecule has 6 nitrogen and oxygen atoms in total. The van der Waals surface area contributed by atoms with E-state index in [1.54, 1.807) is 18.2 Å². The molecule has 9 heteroatoms. The van der Waals surface area contributed by atoms with Gasteiger partial charge in [-0.15, -0.1) is 13.2 Å². The fourth-order valence-corrected chi connectivity index (χ4v) is 2.13. The summed E-state index contributed by atoms with van der Waals surface area (Å²) in [6.07, 6.45) is -6.02. The number of hydrogen-bond acceptors (Lipinski definition) is 5. The highest BCUT2D eigenvalue weighted by Gasteiger charge is 2.31. The van der Waals surface area contributed by atoms with Gasteiger partial charge in [-0.2, -0.15) is 0 Å². The molecule has 0 spiro atoms. The van der Waals surface area contributed by atoms with Crippen LogP contribution in [0.4, 0.5) is 18.9 Å². The van der Waals surface area contributed by atoms with E-state index in [0.717, 1.165) is 24.3 Å². The molecular weight excluding hydrogens is 379 g/mol. The molecule has 1 atom stereocenters. The SMILES string of the molecule is CC(=O)c1cccc(NC(=O)[C@H](C)OC(=O)c2ccc(OC(F)(F)F)cc2)c1. The van der Waals surface area contributed by atoms with Gasteiger partial charge < -0.3 is 14.8 Å². The van der Waals surface area contributed by atoms with Gasteiger partial charge in [0.15, 0.2) is 11.9 Å². The van der Waals surface area contributed by atoms with Gasteiger partial charge in [0, 0.05) is 11.3 Å². The number of Topliss-reactive ketones (excluding diaryl/α,β-unsaturated/α-hetero) is 1. The highest BCUT2D eigenvalue weighted by molar-refractivity contribution is 5.99. The van der Waals surface area contributed by atoms with Crippen molar-refractivity contribution >= 4 is 23.3 Å². The zero-order chi connectivity index (χ0) is 20.9. The lowest BCUT2D eigenvalue weighted by atomic mass is 10.1. The Morgan fingerprint density at radius 2 is 1.64 bits per heavy atom. The third kappa shape index (κ3) is 6.11. The number of hydrogen-bond donors (Lipinski definition) is 1. The minimum Gasteiger partial charge on any atom is -0.449 e. The lowest BCUT2D eigenvalue weighted by Crippen LogP contribution is -2.30. The monoisotopic (exact) mass is 395 g/mol. The molecule has 0 aliphatic carbocycles. The summed E-state index contributed by atoms with van der Waals surface area (Å²) < 4.78 is 45.1. The van der Waals surface area contributed by atoms with Crippen molar-refractivity contribution in [2.45, 2.75) is 26.3 Å². The number of carbonyl (C=O) groups is 3. The van der Waals surface area contributed by atoms with E-state index in [2.05, 4.69) is 10.1 Å². The predicted molar refractivity (Wildman–Crippen MR) is 93.1 cm³/mol. The molecule has 0 aliphatic heterocycles. The summed E-state index contributed by atoms with van der Waals surface area (Å²) in [7, 11) is 0. The van der Waals surface area contributed by atoms with E-state index < -0.39 is 30.1 Å². The van der Waals surface area contributed by atoms with Crippen molar-refractivity contribution < 1.29 is 37.0 Å². The van der Waals surface area contributed by atoms with E-state index in [1.807, 2.05) is 0 Å². The van der Waals surface area contributed by atoms with Crippen LogP contribution in [0.15, 0.2) is 48.5 Å². The maximum Gasteiger partial charge on any atom is 0.573 e. The minimum absolute atomic E-state index is 0.0484. The number of alkyl halides is 3. The topological polar surface area (TPSA) is 81.7 Å². The first kappa shape index (κ1) is 20.9. The summed E-state index contributed by atoms with van der Waals surface area (Å²) in [5.41, 5.74) is 0.714. The van der Waals surface area contributed by atoms with Crippen molar-refractivity contribution in [1.29, 1.82) is 0 Å². The molecule has 1 amide bonds. The van der Waals surface area contributed by atoms with Gasteiger partial charge >= 0.3 is 12.3 Å². The highest BCUT2D eigenvalue weighted by Crippen LogP contribution is 2.23. The van der Waals surface area contributed by atoms with Gasteiger partial charge in [-0.05, 0) is 50.2 Å². The molecule has 28 heavy (non-hydrogen) atoms. The van der Waals surface area contributed by atoms with E-state index in [1.165, 1.54) is 19.9 Å². The van der Waals surface area contributed by atoms with Gasteiger partial charge in [0.05, 0.1) is 5.56 Å². The van der Waals surface area contributed by atoms with E-state index in [9.17, 15) is 27.6 Å². The average molecular weight is 395 g/mol. The molecule has 2 aromatic rings. The number of nitrogens with one attached hydrogen (secondary N) is 1. The van der Waals surface area contributed by atoms with Gasteiger partial charge in [-0.25, -0.2) is 4.79 Å². The average Bonchev–Trinajstić information content (AvgIpc) is 2.61. The predicted octanol–water partition coefficient (Wildman–Crippen LogP) is 3.97. The van der Waals surface area contributed by atoms with E-state index in [-0.39, 0.29) is 11.3 Å². The molecule has 0 bridgehead atoms. The zero-order valence-electron chi connectivity index (χ0n) is 14.9. The Labute approximate surface area is 158 Å². The normalized spacial score (nSPS) is 12.0. The van der Waals surface area contributed by atoms with Crippen molar-refractivity contribution in [1.82, 2.24) is 0 Å². The number of ketones is 1. The van der Waals surface area contributed by atoms with Crippen LogP contribution in [0.5, 0.6) is 5.75 Å². The summed E-state index contributed by atoms with van der Waals surface area (Å²) in [4.78, 5) is 35.6. The molecule has 0 aromatic heterocycles. The van der Waals surface area contributed by atoms with Crippen LogP contribution in [0.2, 0.25) is 0 Å². The van der Waals surface area contributed by atoms with Crippen LogP contribution in [0.3, 0.4) is 0 Å². The maximum atomic E-state index is 12.2. The van der Waals surface area contributed by atoms with Crippen LogP contribution < -0.4 is 10.1 Å². The van der Waals surface area contributed by atoms with Crippen LogP contribution in [0.25, 0.3) is 0 Å². The Morgan fingerprint density at radius 1 is 1.00 bits per heavy atom. The largest absolute Gasteiger partial charge is 0.573 e.